The Kier molecular flexibility index (Phi) is 12.4. The number of carbonyl (C=O) groups is 4. The van der Waals surface area contributed by atoms with Gasteiger partial charge in [0.1, 0.15) is 18.6 Å². The number of hydrogen-bond acceptors (Lipinski definition) is 7. The van der Waals surface area contributed by atoms with Gasteiger partial charge in [0.25, 0.3) is 0 Å². The Labute approximate surface area is 163 Å². The molecule has 0 aromatic rings. The summed E-state index contributed by atoms with van der Waals surface area (Å²) in [6.45, 7) is 2.28. The van der Waals surface area contributed by atoms with E-state index in [1.165, 1.54) is 11.8 Å². The van der Waals surface area contributed by atoms with Crippen LogP contribution in [-0.4, -0.2) is 77.2 Å². The molecule has 27 heavy (non-hydrogen) atoms. The van der Waals surface area contributed by atoms with Crippen LogP contribution in [0.25, 0.3) is 0 Å². The Hall–Kier alpha value is -1.85. The molecule has 0 aliphatic rings. The number of hydrogen-bond donors (Lipinski definition) is 6. The molecule has 0 radical (unpaired) electrons. The first-order valence-electron chi connectivity index (χ1n) is 8.63. The lowest BCUT2D eigenvalue weighted by atomic mass is 9.98. The molecule has 0 saturated carbocycles. The van der Waals surface area contributed by atoms with Gasteiger partial charge in [0.05, 0.1) is 12.6 Å². The molecule has 0 aromatic carbocycles. The van der Waals surface area contributed by atoms with E-state index in [0.717, 1.165) is 0 Å². The van der Waals surface area contributed by atoms with Gasteiger partial charge in [0.2, 0.25) is 17.7 Å². The van der Waals surface area contributed by atoms with E-state index in [2.05, 4.69) is 16.0 Å². The zero-order chi connectivity index (χ0) is 21.0. The van der Waals surface area contributed by atoms with E-state index in [1.54, 1.807) is 6.92 Å². The van der Waals surface area contributed by atoms with Crippen molar-refractivity contribution in [2.24, 2.45) is 11.7 Å². The van der Waals surface area contributed by atoms with Gasteiger partial charge in [-0.1, -0.05) is 20.3 Å². The summed E-state index contributed by atoms with van der Waals surface area (Å²) in [5, 5.41) is 25.1. The SMILES string of the molecule is CCC(C)C(NC(=O)C(CO)NC(=O)C(N)CCSC)C(=O)NCC(=O)O. The molecule has 4 atom stereocenters. The van der Waals surface area contributed by atoms with E-state index in [1.807, 2.05) is 13.2 Å². The van der Waals surface area contributed by atoms with Crippen LogP contribution < -0.4 is 21.7 Å². The van der Waals surface area contributed by atoms with Gasteiger partial charge in [0.15, 0.2) is 0 Å². The maximum Gasteiger partial charge on any atom is 0.322 e. The Balaban J connectivity index is 4.96. The van der Waals surface area contributed by atoms with Gasteiger partial charge >= 0.3 is 5.97 Å². The minimum atomic E-state index is -1.27. The van der Waals surface area contributed by atoms with E-state index < -0.39 is 55.0 Å². The number of nitrogens with two attached hydrogens (primary N) is 1. The molecule has 0 rings (SSSR count). The monoisotopic (exact) mass is 406 g/mol. The van der Waals surface area contributed by atoms with Crippen molar-refractivity contribution in [2.45, 2.75) is 44.8 Å². The van der Waals surface area contributed by atoms with E-state index in [9.17, 15) is 24.3 Å². The highest BCUT2D eigenvalue weighted by Gasteiger charge is 2.30. The van der Waals surface area contributed by atoms with Crippen molar-refractivity contribution in [2.75, 3.05) is 25.2 Å². The molecule has 0 heterocycles. The molecule has 0 fully saturated rings. The number of aliphatic hydroxyl groups is 1. The molecule has 0 saturated heterocycles. The van der Waals surface area contributed by atoms with Gasteiger partial charge in [-0.15, -0.1) is 0 Å². The Morgan fingerprint density at radius 1 is 1.11 bits per heavy atom. The molecular weight excluding hydrogens is 376 g/mol. The van der Waals surface area contributed by atoms with Gasteiger partial charge in [0, 0.05) is 0 Å². The van der Waals surface area contributed by atoms with Gasteiger partial charge in [-0.3, -0.25) is 19.2 Å². The summed E-state index contributed by atoms with van der Waals surface area (Å²) in [7, 11) is 0. The first kappa shape index (κ1) is 25.1. The zero-order valence-electron chi connectivity index (χ0n) is 15.9. The molecule has 7 N–H and O–H groups in total. The molecule has 0 bridgehead atoms. The number of amides is 3. The highest BCUT2D eigenvalue weighted by Crippen LogP contribution is 2.08. The van der Waals surface area contributed by atoms with Crippen LogP contribution in [0.4, 0.5) is 0 Å². The topological polar surface area (TPSA) is 171 Å². The second-order valence-corrected chi connectivity index (χ2v) is 7.10. The smallest absolute Gasteiger partial charge is 0.322 e. The molecule has 3 amide bonds. The summed E-state index contributed by atoms with van der Waals surface area (Å²) in [5.41, 5.74) is 5.74. The number of aliphatic carboxylic acids is 1. The molecule has 156 valence electrons. The molecule has 0 spiro atoms. The normalized spacial score (nSPS) is 15.1. The predicted octanol–water partition coefficient (Wildman–Crippen LogP) is -1.72. The fourth-order valence-electron chi connectivity index (χ4n) is 2.08. The van der Waals surface area contributed by atoms with Crippen LogP contribution in [0.15, 0.2) is 0 Å². The summed E-state index contributed by atoms with van der Waals surface area (Å²) in [6.07, 6.45) is 2.83. The third-order valence-corrected chi connectivity index (χ3v) is 4.64. The van der Waals surface area contributed by atoms with Crippen molar-refractivity contribution < 1.29 is 29.4 Å². The van der Waals surface area contributed by atoms with Crippen LogP contribution in [0.3, 0.4) is 0 Å². The Morgan fingerprint density at radius 2 is 1.74 bits per heavy atom. The van der Waals surface area contributed by atoms with Crippen LogP contribution in [-0.2, 0) is 19.2 Å². The third-order valence-electron chi connectivity index (χ3n) is 3.99. The third kappa shape index (κ3) is 9.59. The second kappa shape index (κ2) is 13.3. The Bertz CT molecular complexity index is 519. The van der Waals surface area contributed by atoms with Gasteiger partial charge < -0.3 is 31.9 Å². The molecule has 11 heteroatoms. The van der Waals surface area contributed by atoms with Crippen molar-refractivity contribution in [3.05, 3.63) is 0 Å². The largest absolute Gasteiger partial charge is 0.480 e. The Morgan fingerprint density at radius 3 is 2.22 bits per heavy atom. The number of aliphatic hydroxyl groups excluding tert-OH is 1. The molecule has 0 aromatic heterocycles. The van der Waals surface area contributed by atoms with Crippen LogP contribution in [0, 0.1) is 5.92 Å². The summed E-state index contributed by atoms with van der Waals surface area (Å²) in [4.78, 5) is 47.2. The molecule has 0 aliphatic heterocycles. The fourth-order valence-corrected chi connectivity index (χ4v) is 2.57. The van der Waals surface area contributed by atoms with Gasteiger partial charge in [-0.2, -0.15) is 11.8 Å². The average Bonchev–Trinajstić information content (AvgIpc) is 2.65. The second-order valence-electron chi connectivity index (χ2n) is 6.12. The van der Waals surface area contributed by atoms with E-state index >= 15 is 0 Å². The summed E-state index contributed by atoms with van der Waals surface area (Å²) >= 11 is 1.53. The fraction of sp³-hybridized carbons (Fsp3) is 0.750. The summed E-state index contributed by atoms with van der Waals surface area (Å²) < 4.78 is 0. The predicted molar refractivity (Wildman–Crippen MR) is 102 cm³/mol. The zero-order valence-corrected chi connectivity index (χ0v) is 16.7. The van der Waals surface area contributed by atoms with Crippen LogP contribution in [0.2, 0.25) is 0 Å². The molecular formula is C16H30N4O6S. The van der Waals surface area contributed by atoms with Crippen molar-refractivity contribution in [1.29, 1.82) is 0 Å². The van der Waals surface area contributed by atoms with Crippen LogP contribution >= 0.6 is 11.8 Å². The van der Waals surface area contributed by atoms with Crippen molar-refractivity contribution >= 4 is 35.5 Å². The first-order valence-corrected chi connectivity index (χ1v) is 10.0. The van der Waals surface area contributed by atoms with E-state index in [0.29, 0.717) is 18.6 Å². The maximum atomic E-state index is 12.4. The summed E-state index contributed by atoms with van der Waals surface area (Å²) in [5.74, 6) is -2.81. The summed E-state index contributed by atoms with van der Waals surface area (Å²) in [6, 6.07) is -3.09. The van der Waals surface area contributed by atoms with Crippen molar-refractivity contribution in [3.63, 3.8) is 0 Å². The van der Waals surface area contributed by atoms with Crippen molar-refractivity contribution in [3.8, 4) is 0 Å². The van der Waals surface area contributed by atoms with Gasteiger partial charge in [-0.25, -0.2) is 0 Å². The van der Waals surface area contributed by atoms with Gasteiger partial charge in [-0.05, 0) is 24.3 Å². The number of thioether (sulfide) groups is 1. The minimum absolute atomic E-state index is 0.290. The molecule has 4 unspecified atom stereocenters. The minimum Gasteiger partial charge on any atom is -0.480 e. The lowest BCUT2D eigenvalue weighted by molar-refractivity contribution is -0.139. The van der Waals surface area contributed by atoms with Crippen LogP contribution in [0.5, 0.6) is 0 Å². The van der Waals surface area contributed by atoms with Crippen molar-refractivity contribution in [1.82, 2.24) is 16.0 Å². The van der Waals surface area contributed by atoms with E-state index in [4.69, 9.17) is 10.8 Å². The lowest BCUT2D eigenvalue weighted by Gasteiger charge is -2.26. The number of rotatable bonds is 13. The van der Waals surface area contributed by atoms with E-state index in [-0.39, 0.29) is 5.92 Å². The molecule has 10 nitrogen and oxygen atoms in total. The average molecular weight is 407 g/mol. The quantitative estimate of drug-likeness (QED) is 0.210. The molecule has 0 aliphatic carbocycles. The number of carboxylic acids is 1. The lowest BCUT2D eigenvalue weighted by Crippen LogP contribution is -2.58. The standard InChI is InChI=1S/C16H30N4O6S/c1-4-9(2)13(16(26)18-7-12(22)23)20-15(25)11(8-21)19-14(24)10(17)5-6-27-3/h9-11,13,21H,4-8,17H2,1-3H3,(H,18,26)(H,19,24)(H,20,25)(H,22,23). The number of carboxylic acid groups (broad SMARTS) is 1. The first-order chi connectivity index (χ1) is 12.7. The maximum absolute atomic E-state index is 12.4. The highest BCUT2D eigenvalue weighted by atomic mass is 32.2. The highest BCUT2D eigenvalue weighted by molar-refractivity contribution is 7.98. The number of nitrogens with one attached hydrogen (secondary N) is 3. The van der Waals surface area contributed by atoms with Crippen LogP contribution in [0.1, 0.15) is 26.7 Å². The number of carbonyl (C=O) groups excluding carboxylic acids is 3.